The van der Waals surface area contributed by atoms with E-state index in [-0.39, 0.29) is 41.6 Å². The first-order valence-electron chi connectivity index (χ1n) is 8.74. The third-order valence-corrected chi connectivity index (χ3v) is 6.90. The number of benzene rings is 1. The van der Waals surface area contributed by atoms with Gasteiger partial charge in [0.1, 0.15) is 5.82 Å². The van der Waals surface area contributed by atoms with Crippen molar-refractivity contribution in [1.82, 2.24) is 14.9 Å². The molecule has 0 spiro atoms. The van der Waals surface area contributed by atoms with Gasteiger partial charge in [-0.25, -0.2) is 17.1 Å². The number of piperidine rings is 1. The Morgan fingerprint density at radius 2 is 2.04 bits per heavy atom. The van der Waals surface area contributed by atoms with Gasteiger partial charge < -0.3 is 10.6 Å². The van der Waals surface area contributed by atoms with Crippen LogP contribution in [0.5, 0.6) is 0 Å². The molecular formula is C17H27BrFIN4O2S. The summed E-state index contributed by atoms with van der Waals surface area (Å²) in [5.41, 5.74) is 0.552. The summed E-state index contributed by atoms with van der Waals surface area (Å²) in [6.07, 6.45) is 2.07. The van der Waals surface area contributed by atoms with Crippen LogP contribution in [-0.2, 0) is 16.6 Å². The van der Waals surface area contributed by atoms with E-state index in [1.54, 1.807) is 23.5 Å². The van der Waals surface area contributed by atoms with Gasteiger partial charge in [-0.1, -0.05) is 28.9 Å². The fourth-order valence-electron chi connectivity index (χ4n) is 2.90. The fourth-order valence-corrected chi connectivity index (χ4v) is 4.77. The number of hydrogen-bond donors (Lipinski definition) is 2. The van der Waals surface area contributed by atoms with Crippen LogP contribution in [0.4, 0.5) is 4.39 Å². The molecule has 0 saturated carbocycles. The minimum Gasteiger partial charge on any atom is -0.354 e. The van der Waals surface area contributed by atoms with Crippen molar-refractivity contribution < 1.29 is 12.8 Å². The lowest BCUT2D eigenvalue weighted by Gasteiger charge is -2.32. The molecule has 27 heavy (non-hydrogen) atoms. The molecule has 0 aliphatic carbocycles. The maximum atomic E-state index is 13.9. The molecule has 1 aliphatic rings. The van der Waals surface area contributed by atoms with Gasteiger partial charge in [-0.2, -0.15) is 0 Å². The van der Waals surface area contributed by atoms with E-state index < -0.39 is 10.0 Å². The first-order chi connectivity index (χ1) is 12.4. The van der Waals surface area contributed by atoms with Gasteiger partial charge in [0.2, 0.25) is 10.0 Å². The van der Waals surface area contributed by atoms with Crippen LogP contribution in [0.15, 0.2) is 27.7 Å². The van der Waals surface area contributed by atoms with Crippen LogP contribution >= 0.6 is 39.9 Å². The van der Waals surface area contributed by atoms with Gasteiger partial charge in [-0.15, -0.1) is 24.0 Å². The van der Waals surface area contributed by atoms with Crippen LogP contribution < -0.4 is 10.6 Å². The van der Waals surface area contributed by atoms with Crippen molar-refractivity contribution in [2.45, 2.75) is 38.8 Å². The normalized spacial score (nSPS) is 16.7. The van der Waals surface area contributed by atoms with E-state index in [4.69, 9.17) is 0 Å². The molecule has 1 aliphatic heterocycles. The summed E-state index contributed by atoms with van der Waals surface area (Å²) in [6, 6.07) is 5.09. The number of hydrogen-bond acceptors (Lipinski definition) is 3. The van der Waals surface area contributed by atoms with Crippen LogP contribution in [0.2, 0.25) is 0 Å². The molecule has 1 aromatic carbocycles. The lowest BCUT2D eigenvalue weighted by Crippen LogP contribution is -2.49. The third kappa shape index (κ3) is 7.47. The van der Waals surface area contributed by atoms with E-state index in [9.17, 15) is 12.8 Å². The molecule has 0 amide bonds. The van der Waals surface area contributed by atoms with Gasteiger partial charge in [-0.3, -0.25) is 4.99 Å². The first kappa shape index (κ1) is 24.6. The molecule has 0 radical (unpaired) electrons. The first-order valence-corrected chi connectivity index (χ1v) is 11.1. The summed E-state index contributed by atoms with van der Waals surface area (Å²) in [5, 5.41) is 6.40. The molecule has 154 valence electrons. The predicted octanol–water partition coefficient (Wildman–Crippen LogP) is 3.08. The molecule has 0 unspecified atom stereocenters. The molecule has 2 N–H and O–H groups in total. The Hall–Kier alpha value is -0.460. The Morgan fingerprint density at radius 1 is 1.37 bits per heavy atom. The molecule has 1 saturated heterocycles. The van der Waals surface area contributed by atoms with Crippen LogP contribution in [0.1, 0.15) is 31.7 Å². The summed E-state index contributed by atoms with van der Waals surface area (Å²) < 4.78 is 40.4. The Morgan fingerprint density at radius 3 is 2.59 bits per heavy atom. The summed E-state index contributed by atoms with van der Waals surface area (Å²) in [7, 11) is -1.47. The number of nitrogens with one attached hydrogen (secondary N) is 2. The highest BCUT2D eigenvalue weighted by atomic mass is 127. The number of halogens is 3. The van der Waals surface area contributed by atoms with Crippen molar-refractivity contribution in [3.8, 4) is 0 Å². The molecular weight excluding hydrogens is 550 g/mol. The number of guanidine groups is 1. The van der Waals surface area contributed by atoms with Gasteiger partial charge in [0.25, 0.3) is 0 Å². The number of aliphatic imine (C=N–C) groups is 1. The molecule has 0 aromatic heterocycles. The summed E-state index contributed by atoms with van der Waals surface area (Å²) >= 11 is 3.24. The maximum absolute atomic E-state index is 13.9. The second-order valence-electron chi connectivity index (χ2n) is 6.30. The third-order valence-electron chi connectivity index (χ3n) is 4.34. The number of sulfonamides is 1. The van der Waals surface area contributed by atoms with Gasteiger partial charge >= 0.3 is 0 Å². The summed E-state index contributed by atoms with van der Waals surface area (Å²) in [5.74, 6) is 0.506. The molecule has 1 heterocycles. The highest BCUT2D eigenvalue weighted by molar-refractivity contribution is 14.0. The van der Waals surface area contributed by atoms with Crippen LogP contribution in [0.25, 0.3) is 0 Å². The molecule has 0 bridgehead atoms. The maximum Gasteiger partial charge on any atom is 0.214 e. The molecule has 10 heteroatoms. The van der Waals surface area contributed by atoms with Gasteiger partial charge in [0, 0.05) is 42.8 Å². The second-order valence-corrected chi connectivity index (χ2v) is 9.30. The lowest BCUT2D eigenvalue weighted by molar-refractivity contribution is 0.306. The largest absolute Gasteiger partial charge is 0.354 e. The fraction of sp³-hybridized carbons (Fsp3) is 0.588. The number of nitrogens with zero attached hydrogens (tertiary/aromatic N) is 2. The van der Waals surface area contributed by atoms with E-state index in [1.807, 2.05) is 6.92 Å². The molecule has 2 rings (SSSR count). The van der Waals surface area contributed by atoms with Crippen molar-refractivity contribution in [3.63, 3.8) is 0 Å². The zero-order valence-electron chi connectivity index (χ0n) is 15.5. The van der Waals surface area contributed by atoms with Gasteiger partial charge in [0.05, 0.1) is 5.75 Å². The van der Waals surface area contributed by atoms with E-state index in [0.29, 0.717) is 42.1 Å². The molecule has 1 aromatic rings. The van der Waals surface area contributed by atoms with Crippen molar-refractivity contribution in [1.29, 1.82) is 0 Å². The van der Waals surface area contributed by atoms with Crippen molar-refractivity contribution >= 4 is 55.9 Å². The van der Waals surface area contributed by atoms with Gasteiger partial charge in [0.15, 0.2) is 5.96 Å². The Labute approximate surface area is 186 Å². The predicted molar refractivity (Wildman–Crippen MR) is 122 cm³/mol. The van der Waals surface area contributed by atoms with E-state index in [2.05, 4.69) is 31.6 Å². The minimum atomic E-state index is -3.13. The van der Waals surface area contributed by atoms with Crippen LogP contribution in [-0.4, -0.2) is 50.6 Å². The number of rotatable bonds is 6. The SMILES string of the molecule is CCCS(=O)(=O)N1CCC(NC(=NC)NCc2ccc(Br)cc2F)CC1.I. The second kappa shape index (κ2) is 11.5. The van der Waals surface area contributed by atoms with Crippen molar-refractivity contribution in [2.24, 2.45) is 4.99 Å². The Balaban J connectivity index is 0.00000364. The lowest BCUT2D eigenvalue weighted by atomic mass is 10.1. The average molecular weight is 577 g/mol. The summed E-state index contributed by atoms with van der Waals surface area (Å²) in [6.45, 7) is 3.22. The topological polar surface area (TPSA) is 73.8 Å². The van der Waals surface area contributed by atoms with Gasteiger partial charge in [-0.05, 0) is 31.4 Å². The van der Waals surface area contributed by atoms with Crippen LogP contribution in [0.3, 0.4) is 0 Å². The minimum absolute atomic E-state index is 0. The van der Waals surface area contributed by atoms with E-state index >= 15 is 0 Å². The standard InChI is InChI=1S/C17H26BrFN4O2S.HI/c1-3-10-26(24,25)23-8-6-15(7-9-23)22-17(20-2)21-12-13-4-5-14(18)11-16(13)19;/h4-5,11,15H,3,6-10,12H2,1-2H3,(H2,20,21,22);1H. The smallest absolute Gasteiger partial charge is 0.214 e. The quantitative estimate of drug-likeness (QED) is 0.310. The Kier molecular flexibility index (Phi) is 10.5. The highest BCUT2D eigenvalue weighted by Gasteiger charge is 2.27. The highest BCUT2D eigenvalue weighted by Crippen LogP contribution is 2.16. The van der Waals surface area contributed by atoms with Crippen molar-refractivity contribution in [2.75, 3.05) is 25.9 Å². The van der Waals surface area contributed by atoms with E-state index in [0.717, 1.165) is 12.8 Å². The zero-order chi connectivity index (χ0) is 19.2. The molecule has 6 nitrogen and oxygen atoms in total. The van der Waals surface area contributed by atoms with Crippen molar-refractivity contribution in [3.05, 3.63) is 34.1 Å². The molecule has 1 fully saturated rings. The monoisotopic (exact) mass is 576 g/mol. The Bertz CT molecular complexity index is 740. The van der Waals surface area contributed by atoms with E-state index in [1.165, 1.54) is 6.07 Å². The average Bonchev–Trinajstić information content (AvgIpc) is 2.60. The van der Waals surface area contributed by atoms with Crippen LogP contribution in [0, 0.1) is 5.82 Å². The molecule has 0 atom stereocenters. The summed E-state index contributed by atoms with van der Waals surface area (Å²) in [4.78, 5) is 4.17. The zero-order valence-corrected chi connectivity index (χ0v) is 20.3.